The second kappa shape index (κ2) is 8.62. The molecular weight excluding hydrogens is 276 g/mol. The molecule has 22 heavy (non-hydrogen) atoms. The van der Waals surface area contributed by atoms with Crippen LogP contribution in [0, 0.1) is 5.92 Å². The van der Waals surface area contributed by atoms with E-state index in [1.807, 2.05) is 7.11 Å². The van der Waals surface area contributed by atoms with Gasteiger partial charge in [-0.25, -0.2) is 0 Å². The molecule has 0 bridgehead atoms. The van der Waals surface area contributed by atoms with Gasteiger partial charge < -0.3 is 9.47 Å². The van der Waals surface area contributed by atoms with Crippen LogP contribution in [0.1, 0.15) is 53.4 Å². The largest absolute Gasteiger partial charge is 0.384 e. The highest BCUT2D eigenvalue weighted by Gasteiger charge is 2.33. The fourth-order valence-corrected chi connectivity index (χ4v) is 4.09. The van der Waals surface area contributed by atoms with Gasteiger partial charge >= 0.3 is 0 Å². The third-order valence-electron chi connectivity index (χ3n) is 5.33. The van der Waals surface area contributed by atoms with Crippen molar-refractivity contribution in [2.24, 2.45) is 5.92 Å². The molecule has 130 valence electrons. The Kier molecular flexibility index (Phi) is 7.13. The SMILES string of the molecule is COCC1CCN(C(C)C)C(OCC2CCCN2C(C)C)C1. The van der Waals surface area contributed by atoms with Crippen LogP contribution in [0.2, 0.25) is 0 Å². The summed E-state index contributed by atoms with van der Waals surface area (Å²) in [6, 6.07) is 1.79. The summed E-state index contributed by atoms with van der Waals surface area (Å²) >= 11 is 0. The van der Waals surface area contributed by atoms with Gasteiger partial charge in [0.2, 0.25) is 0 Å². The van der Waals surface area contributed by atoms with Crippen LogP contribution >= 0.6 is 0 Å². The molecule has 2 rings (SSSR count). The molecule has 0 radical (unpaired) electrons. The van der Waals surface area contributed by atoms with Gasteiger partial charge in [-0.2, -0.15) is 0 Å². The van der Waals surface area contributed by atoms with Crippen molar-refractivity contribution in [2.45, 2.75) is 77.7 Å². The lowest BCUT2D eigenvalue weighted by Crippen LogP contribution is -2.50. The highest BCUT2D eigenvalue weighted by Crippen LogP contribution is 2.27. The van der Waals surface area contributed by atoms with Crippen molar-refractivity contribution in [3.63, 3.8) is 0 Å². The first-order chi connectivity index (χ1) is 10.5. The second-order valence-electron chi connectivity index (χ2n) is 7.59. The minimum absolute atomic E-state index is 0.267. The van der Waals surface area contributed by atoms with E-state index in [0.29, 0.717) is 24.0 Å². The summed E-state index contributed by atoms with van der Waals surface area (Å²) in [6.45, 7) is 13.3. The van der Waals surface area contributed by atoms with Crippen molar-refractivity contribution >= 4 is 0 Å². The average molecular weight is 312 g/mol. The maximum atomic E-state index is 6.43. The van der Waals surface area contributed by atoms with Crippen LogP contribution in [0.25, 0.3) is 0 Å². The first kappa shape index (κ1) is 18.2. The van der Waals surface area contributed by atoms with E-state index in [4.69, 9.17) is 9.47 Å². The summed E-state index contributed by atoms with van der Waals surface area (Å²) in [5.41, 5.74) is 0. The molecular formula is C18H36N2O2. The molecule has 2 aliphatic rings. The molecule has 0 aromatic rings. The lowest BCUT2D eigenvalue weighted by molar-refractivity contribution is -0.122. The summed E-state index contributed by atoms with van der Waals surface area (Å²) in [6.07, 6.45) is 5.21. The van der Waals surface area contributed by atoms with E-state index in [0.717, 1.165) is 26.2 Å². The maximum Gasteiger partial charge on any atom is 0.111 e. The number of piperidine rings is 1. The van der Waals surface area contributed by atoms with Gasteiger partial charge in [-0.05, 0) is 65.8 Å². The molecule has 2 fully saturated rings. The zero-order valence-electron chi connectivity index (χ0n) is 15.3. The predicted molar refractivity (Wildman–Crippen MR) is 91.0 cm³/mol. The number of hydrogen-bond donors (Lipinski definition) is 0. The molecule has 2 aliphatic heterocycles. The molecule has 4 heteroatoms. The van der Waals surface area contributed by atoms with E-state index >= 15 is 0 Å². The number of hydrogen-bond acceptors (Lipinski definition) is 4. The van der Waals surface area contributed by atoms with E-state index in [2.05, 4.69) is 37.5 Å². The lowest BCUT2D eigenvalue weighted by atomic mass is 9.95. The first-order valence-electron chi connectivity index (χ1n) is 9.15. The Bertz CT molecular complexity index is 322. The van der Waals surface area contributed by atoms with Crippen molar-refractivity contribution in [1.29, 1.82) is 0 Å². The van der Waals surface area contributed by atoms with Crippen molar-refractivity contribution in [2.75, 3.05) is 33.4 Å². The monoisotopic (exact) mass is 312 g/mol. The Hall–Kier alpha value is -0.160. The molecule has 0 saturated carbocycles. The Morgan fingerprint density at radius 1 is 0.955 bits per heavy atom. The molecule has 0 amide bonds. The van der Waals surface area contributed by atoms with Crippen molar-refractivity contribution in [3.8, 4) is 0 Å². The van der Waals surface area contributed by atoms with Gasteiger partial charge in [0, 0.05) is 38.4 Å². The quantitative estimate of drug-likeness (QED) is 0.721. The van der Waals surface area contributed by atoms with Crippen LogP contribution < -0.4 is 0 Å². The predicted octanol–water partition coefficient (Wildman–Crippen LogP) is 2.97. The first-order valence-corrected chi connectivity index (χ1v) is 9.15. The van der Waals surface area contributed by atoms with Crippen LogP contribution in [0.4, 0.5) is 0 Å². The molecule has 0 N–H and O–H groups in total. The van der Waals surface area contributed by atoms with Crippen LogP contribution in [0.5, 0.6) is 0 Å². The molecule has 0 aromatic heterocycles. The number of ether oxygens (including phenoxy) is 2. The summed E-state index contributed by atoms with van der Waals surface area (Å²) in [7, 11) is 1.81. The molecule has 4 nitrogen and oxygen atoms in total. The van der Waals surface area contributed by atoms with Gasteiger partial charge in [-0.3, -0.25) is 9.80 Å². The molecule has 3 atom stereocenters. The number of likely N-dealkylation sites (tertiary alicyclic amines) is 2. The van der Waals surface area contributed by atoms with Crippen LogP contribution in [0.3, 0.4) is 0 Å². The topological polar surface area (TPSA) is 24.9 Å². The number of rotatable bonds is 7. The summed E-state index contributed by atoms with van der Waals surface area (Å²) in [4.78, 5) is 5.13. The minimum atomic E-state index is 0.267. The van der Waals surface area contributed by atoms with Gasteiger partial charge in [0.1, 0.15) is 6.23 Å². The van der Waals surface area contributed by atoms with Crippen molar-refractivity contribution < 1.29 is 9.47 Å². The zero-order valence-corrected chi connectivity index (χ0v) is 15.3. The summed E-state index contributed by atoms with van der Waals surface area (Å²) < 4.78 is 11.8. The molecule has 0 aromatic carbocycles. The van der Waals surface area contributed by atoms with Gasteiger partial charge in [-0.15, -0.1) is 0 Å². The Labute approximate surface area is 137 Å². The van der Waals surface area contributed by atoms with Gasteiger partial charge in [0.05, 0.1) is 6.61 Å². The standard InChI is InChI=1S/C18H36N2O2/c1-14(2)19-9-6-7-17(19)13-22-18-11-16(12-21-5)8-10-20(18)15(3)4/h14-18H,6-13H2,1-5H3. The fraction of sp³-hybridized carbons (Fsp3) is 1.00. The highest BCUT2D eigenvalue weighted by molar-refractivity contribution is 4.83. The summed E-state index contributed by atoms with van der Waals surface area (Å²) in [5, 5.41) is 0. The Morgan fingerprint density at radius 3 is 2.32 bits per heavy atom. The zero-order chi connectivity index (χ0) is 16.1. The normalized spacial score (nSPS) is 31.5. The van der Waals surface area contributed by atoms with E-state index < -0.39 is 0 Å². The van der Waals surface area contributed by atoms with Crippen molar-refractivity contribution in [3.05, 3.63) is 0 Å². The van der Waals surface area contributed by atoms with E-state index in [1.165, 1.54) is 25.8 Å². The van der Waals surface area contributed by atoms with E-state index in [9.17, 15) is 0 Å². The smallest absolute Gasteiger partial charge is 0.111 e. The molecule has 3 unspecified atom stereocenters. The third-order valence-corrected chi connectivity index (χ3v) is 5.33. The third kappa shape index (κ3) is 4.67. The minimum Gasteiger partial charge on any atom is -0.384 e. The average Bonchev–Trinajstić information content (AvgIpc) is 2.94. The fourth-order valence-electron chi connectivity index (χ4n) is 4.09. The highest BCUT2D eigenvalue weighted by atomic mass is 16.5. The van der Waals surface area contributed by atoms with E-state index in [1.54, 1.807) is 0 Å². The lowest BCUT2D eigenvalue weighted by Gasteiger charge is -2.42. The Morgan fingerprint density at radius 2 is 1.68 bits per heavy atom. The summed E-state index contributed by atoms with van der Waals surface area (Å²) in [5.74, 6) is 0.648. The number of nitrogens with zero attached hydrogens (tertiary/aromatic N) is 2. The molecule has 2 heterocycles. The Balaban J connectivity index is 1.89. The second-order valence-corrected chi connectivity index (χ2v) is 7.59. The number of methoxy groups -OCH3 is 1. The molecule has 0 spiro atoms. The molecule has 0 aliphatic carbocycles. The maximum absolute atomic E-state index is 6.43. The molecule has 2 saturated heterocycles. The van der Waals surface area contributed by atoms with Gasteiger partial charge in [0.15, 0.2) is 0 Å². The van der Waals surface area contributed by atoms with Gasteiger partial charge in [-0.1, -0.05) is 0 Å². The van der Waals surface area contributed by atoms with E-state index in [-0.39, 0.29) is 6.23 Å². The van der Waals surface area contributed by atoms with Crippen LogP contribution in [-0.2, 0) is 9.47 Å². The van der Waals surface area contributed by atoms with Crippen LogP contribution in [0.15, 0.2) is 0 Å². The van der Waals surface area contributed by atoms with Crippen molar-refractivity contribution in [1.82, 2.24) is 9.80 Å². The van der Waals surface area contributed by atoms with Crippen LogP contribution in [-0.4, -0.2) is 67.6 Å². The van der Waals surface area contributed by atoms with Gasteiger partial charge in [0.25, 0.3) is 0 Å².